The molecule has 0 fully saturated rings. The zero-order valence-electron chi connectivity index (χ0n) is 17.8. The summed E-state index contributed by atoms with van der Waals surface area (Å²) in [7, 11) is 0. The van der Waals surface area contributed by atoms with Gasteiger partial charge in [-0.2, -0.15) is 0 Å². The molecule has 0 spiro atoms. The first kappa shape index (κ1) is 29.5. The fraction of sp³-hybridized carbons (Fsp3) is 1.00. The quantitative estimate of drug-likeness (QED) is 0.397. The summed E-state index contributed by atoms with van der Waals surface area (Å²) in [6, 6.07) is 0. The van der Waals surface area contributed by atoms with Crippen molar-refractivity contribution in [1.82, 2.24) is 0 Å². The third kappa shape index (κ3) is 22.7. The van der Waals surface area contributed by atoms with Crippen molar-refractivity contribution in [3.63, 3.8) is 0 Å². The minimum absolute atomic E-state index is 0.0956. The van der Waals surface area contributed by atoms with Gasteiger partial charge in [-0.15, -0.1) is 13.2 Å². The average molecular weight is 449 g/mol. The standard InChI is InChI=1S/C8H17.2C6H13O.CH3.Sn/c1-4-6-7-8(3)5-2;2*1-3-6(4-2)5-7;;/h8H,3-7H2,1-2H3;2*6H,3-5H2,1-2H3;1H3;/q;2*-1;;+2. The van der Waals surface area contributed by atoms with E-state index in [2.05, 4.69) is 46.5 Å². The monoisotopic (exact) mass is 450 g/mol. The molecule has 0 saturated heterocycles. The third-order valence-electron chi connectivity index (χ3n) is 4.82. The maximum atomic E-state index is 10.1. The SMILES string of the molecule is CCC(CC)C[O-].CCC(CC)C[O-].CCCCC(CC)[CH2][Sn+2][CH3]. The van der Waals surface area contributed by atoms with E-state index in [9.17, 15) is 10.2 Å². The molecule has 0 aliphatic carbocycles. The number of hydrogen-bond acceptors (Lipinski definition) is 2. The molecule has 0 rings (SSSR count). The van der Waals surface area contributed by atoms with Crippen molar-refractivity contribution >= 4 is 21.1 Å². The Morgan fingerprint density at radius 2 is 1.04 bits per heavy atom. The van der Waals surface area contributed by atoms with E-state index in [0.717, 1.165) is 31.6 Å². The van der Waals surface area contributed by atoms with Crippen molar-refractivity contribution in [2.45, 2.75) is 102 Å². The van der Waals surface area contributed by atoms with Crippen molar-refractivity contribution in [3.8, 4) is 0 Å². The van der Waals surface area contributed by atoms with Gasteiger partial charge >= 0.3 is 76.0 Å². The molecule has 24 heavy (non-hydrogen) atoms. The van der Waals surface area contributed by atoms with Gasteiger partial charge in [0.2, 0.25) is 0 Å². The molecule has 0 heterocycles. The van der Waals surface area contributed by atoms with Crippen LogP contribution in [0.4, 0.5) is 0 Å². The van der Waals surface area contributed by atoms with Gasteiger partial charge in [-0.25, -0.2) is 0 Å². The Labute approximate surface area is 164 Å². The summed E-state index contributed by atoms with van der Waals surface area (Å²) in [5.74, 6) is 1.96. The molecule has 0 N–H and O–H groups in total. The molecule has 146 valence electrons. The van der Waals surface area contributed by atoms with Gasteiger partial charge in [-0.05, 0) is 0 Å². The molecular weight excluding hydrogens is 403 g/mol. The first-order chi connectivity index (χ1) is 11.5. The molecule has 0 aliphatic heterocycles. The molecule has 0 aromatic rings. The first-order valence-electron chi connectivity index (χ1n) is 10.3. The maximum absolute atomic E-state index is 10.1. The molecular formula is C21H46O2Sn. The normalized spacial score (nSPS) is 11.3. The van der Waals surface area contributed by atoms with Crippen LogP contribution in [0.5, 0.6) is 0 Å². The second-order valence-corrected chi connectivity index (χ2v) is 9.86. The molecule has 3 heteroatoms. The van der Waals surface area contributed by atoms with Crippen molar-refractivity contribution in [3.05, 3.63) is 0 Å². The second-order valence-electron chi connectivity index (χ2n) is 6.67. The molecule has 0 aromatic carbocycles. The minimum atomic E-state index is 0.0956. The van der Waals surface area contributed by atoms with Gasteiger partial charge in [0.25, 0.3) is 0 Å². The fourth-order valence-corrected chi connectivity index (χ4v) is 5.34. The predicted octanol–water partition coefficient (Wildman–Crippen LogP) is 4.94. The van der Waals surface area contributed by atoms with E-state index in [1.807, 2.05) is 0 Å². The summed E-state index contributed by atoms with van der Waals surface area (Å²) in [6.45, 7) is 13.1. The Hall–Kier alpha value is 0.719. The van der Waals surface area contributed by atoms with Crippen molar-refractivity contribution in [2.75, 3.05) is 13.2 Å². The van der Waals surface area contributed by atoms with E-state index in [4.69, 9.17) is 0 Å². The van der Waals surface area contributed by atoms with E-state index in [1.165, 1.54) is 25.7 Å². The first-order valence-corrected chi connectivity index (χ1v) is 15.2. The Kier molecular flexibility index (Phi) is 31.9. The van der Waals surface area contributed by atoms with E-state index >= 15 is 0 Å². The summed E-state index contributed by atoms with van der Waals surface area (Å²) < 4.78 is 1.61. The van der Waals surface area contributed by atoms with Crippen molar-refractivity contribution < 1.29 is 10.2 Å². The van der Waals surface area contributed by atoms with Gasteiger partial charge in [-0.1, -0.05) is 65.2 Å². The molecule has 1 atom stereocenters. The van der Waals surface area contributed by atoms with Gasteiger partial charge < -0.3 is 10.2 Å². The zero-order valence-corrected chi connectivity index (χ0v) is 20.7. The van der Waals surface area contributed by atoms with Crippen LogP contribution < -0.4 is 10.2 Å². The second kappa shape index (κ2) is 26.0. The summed E-state index contributed by atoms with van der Waals surface area (Å²) in [5.41, 5.74) is 0. The van der Waals surface area contributed by atoms with Crippen molar-refractivity contribution in [1.29, 1.82) is 0 Å². The van der Waals surface area contributed by atoms with Crippen LogP contribution >= 0.6 is 0 Å². The van der Waals surface area contributed by atoms with Crippen LogP contribution in [0.15, 0.2) is 0 Å². The molecule has 0 bridgehead atoms. The molecule has 0 radical (unpaired) electrons. The fourth-order valence-electron chi connectivity index (χ4n) is 2.28. The van der Waals surface area contributed by atoms with Crippen LogP contribution in [-0.2, 0) is 0 Å². The summed E-state index contributed by atoms with van der Waals surface area (Å²) in [5, 5.41) is 20.2. The number of hydrogen-bond donors (Lipinski definition) is 0. The van der Waals surface area contributed by atoms with Gasteiger partial charge in [0.15, 0.2) is 0 Å². The van der Waals surface area contributed by atoms with Gasteiger partial charge in [0, 0.05) is 0 Å². The van der Waals surface area contributed by atoms with Crippen LogP contribution in [0.1, 0.15) is 92.9 Å². The Balaban J connectivity index is -0.000000283. The van der Waals surface area contributed by atoms with Crippen LogP contribution in [-0.4, -0.2) is 34.4 Å². The van der Waals surface area contributed by atoms with Gasteiger partial charge in [0.05, 0.1) is 0 Å². The Morgan fingerprint density at radius 1 is 0.667 bits per heavy atom. The van der Waals surface area contributed by atoms with Crippen LogP contribution in [0, 0.1) is 17.8 Å². The van der Waals surface area contributed by atoms with E-state index in [-0.39, 0.29) is 34.4 Å². The molecule has 0 aromatic heterocycles. The number of unbranched alkanes of at least 4 members (excludes halogenated alkanes) is 1. The molecule has 0 saturated carbocycles. The third-order valence-corrected chi connectivity index (χ3v) is 7.63. The van der Waals surface area contributed by atoms with E-state index < -0.39 is 0 Å². The van der Waals surface area contributed by atoms with Crippen molar-refractivity contribution in [2.24, 2.45) is 17.8 Å². The molecule has 0 amide bonds. The molecule has 2 nitrogen and oxygen atoms in total. The summed E-state index contributed by atoms with van der Waals surface area (Å²) in [4.78, 5) is 2.46. The van der Waals surface area contributed by atoms with Crippen LogP contribution in [0.3, 0.4) is 0 Å². The van der Waals surface area contributed by atoms with Gasteiger partial charge in [-0.3, -0.25) is 0 Å². The summed E-state index contributed by atoms with van der Waals surface area (Å²) >= 11 is 0.0956. The summed E-state index contributed by atoms with van der Waals surface area (Å²) in [6.07, 6.45) is 9.93. The predicted molar refractivity (Wildman–Crippen MR) is 108 cm³/mol. The average Bonchev–Trinajstić information content (AvgIpc) is 2.63. The Morgan fingerprint density at radius 3 is 1.21 bits per heavy atom. The molecule has 1 unspecified atom stereocenters. The van der Waals surface area contributed by atoms with Gasteiger partial charge in [0.1, 0.15) is 0 Å². The molecule has 0 aliphatic rings. The zero-order chi connectivity index (χ0) is 19.2. The number of rotatable bonds is 12. The van der Waals surface area contributed by atoms with Crippen LogP contribution in [0.25, 0.3) is 0 Å². The van der Waals surface area contributed by atoms with E-state index in [0.29, 0.717) is 11.8 Å². The Bertz CT molecular complexity index is 169. The van der Waals surface area contributed by atoms with Crippen LogP contribution in [0.2, 0.25) is 9.38 Å². The topological polar surface area (TPSA) is 46.1 Å². The van der Waals surface area contributed by atoms with E-state index in [1.54, 1.807) is 4.44 Å².